The van der Waals surface area contributed by atoms with Crippen molar-refractivity contribution in [2.24, 2.45) is 5.92 Å². The zero-order valence-corrected chi connectivity index (χ0v) is 12.2. The Labute approximate surface area is 114 Å². The van der Waals surface area contributed by atoms with Crippen LogP contribution in [0.5, 0.6) is 5.95 Å². The van der Waals surface area contributed by atoms with Gasteiger partial charge in [-0.05, 0) is 32.6 Å². The predicted octanol–water partition coefficient (Wildman–Crippen LogP) is 3.95. The van der Waals surface area contributed by atoms with Gasteiger partial charge in [0, 0.05) is 18.4 Å². The number of rotatable bonds is 4. The molecule has 0 N–H and O–H groups in total. The molecule has 1 aliphatic rings. The minimum atomic E-state index is 0.202. The van der Waals surface area contributed by atoms with Crippen LogP contribution in [0.25, 0.3) is 0 Å². The fraction of sp³-hybridized carbons (Fsp3) is 0.562. The summed E-state index contributed by atoms with van der Waals surface area (Å²) < 4.78 is 11.0. The number of allylic oxidation sites excluding steroid dienone is 2. The minimum absolute atomic E-state index is 0.202. The number of hydrogen-bond donors (Lipinski definition) is 0. The lowest BCUT2D eigenvalue weighted by Crippen LogP contribution is -2.17. The predicted molar refractivity (Wildman–Crippen MR) is 74.8 cm³/mol. The molecule has 1 atom stereocenters. The quantitative estimate of drug-likeness (QED) is 0.771. The molecule has 0 amide bonds. The van der Waals surface area contributed by atoms with Crippen LogP contribution < -0.4 is 4.74 Å². The van der Waals surface area contributed by atoms with Crippen molar-refractivity contribution in [3.8, 4) is 5.95 Å². The first-order valence-corrected chi connectivity index (χ1v) is 6.88. The van der Waals surface area contributed by atoms with E-state index in [9.17, 15) is 4.79 Å². The Kier molecular flexibility index (Phi) is 4.13. The molecule has 3 heteroatoms. The van der Waals surface area contributed by atoms with Crippen molar-refractivity contribution in [2.45, 2.75) is 46.5 Å². The van der Waals surface area contributed by atoms with E-state index in [2.05, 4.69) is 26.8 Å². The van der Waals surface area contributed by atoms with Gasteiger partial charge in [-0.3, -0.25) is 4.79 Å². The van der Waals surface area contributed by atoms with Crippen LogP contribution in [-0.2, 0) is 12.8 Å². The van der Waals surface area contributed by atoms with Crippen LogP contribution in [-0.4, -0.2) is 12.9 Å². The zero-order chi connectivity index (χ0) is 14.0. The third-order valence-corrected chi connectivity index (χ3v) is 3.52. The molecule has 1 aromatic rings. The normalized spacial score (nSPS) is 18.1. The molecule has 2 rings (SSSR count). The molecule has 0 fully saturated rings. The second kappa shape index (κ2) is 5.64. The fourth-order valence-corrected chi connectivity index (χ4v) is 2.67. The van der Waals surface area contributed by atoms with Crippen LogP contribution in [0, 0.1) is 5.92 Å². The summed E-state index contributed by atoms with van der Waals surface area (Å²) in [5, 5.41) is 0. The lowest BCUT2D eigenvalue weighted by molar-refractivity contribution is 0.0948. The van der Waals surface area contributed by atoms with Gasteiger partial charge in [0.1, 0.15) is 5.76 Å². The minimum Gasteiger partial charge on any atom is -0.468 e. The Morgan fingerprint density at radius 1 is 1.42 bits per heavy atom. The van der Waals surface area contributed by atoms with E-state index < -0.39 is 0 Å². The van der Waals surface area contributed by atoms with Gasteiger partial charge in [-0.15, -0.1) is 0 Å². The first kappa shape index (κ1) is 13.9. The highest BCUT2D eigenvalue weighted by Gasteiger charge is 2.31. The van der Waals surface area contributed by atoms with Gasteiger partial charge in [-0.25, -0.2) is 0 Å². The molecule has 0 radical (unpaired) electrons. The lowest BCUT2D eigenvalue weighted by Gasteiger charge is -2.16. The molecule has 0 bridgehead atoms. The van der Waals surface area contributed by atoms with Gasteiger partial charge in [-0.1, -0.05) is 18.6 Å². The van der Waals surface area contributed by atoms with E-state index in [1.165, 1.54) is 5.57 Å². The molecule has 0 aromatic carbocycles. The van der Waals surface area contributed by atoms with Gasteiger partial charge in [0.15, 0.2) is 5.78 Å². The molecule has 0 saturated heterocycles. The van der Waals surface area contributed by atoms with Crippen LogP contribution in [0.2, 0.25) is 0 Å². The number of ether oxygens (including phenoxy) is 1. The summed E-state index contributed by atoms with van der Waals surface area (Å²) >= 11 is 0. The molecule has 1 unspecified atom stereocenters. The van der Waals surface area contributed by atoms with Crippen molar-refractivity contribution in [2.75, 3.05) is 7.11 Å². The molecule has 0 saturated carbocycles. The van der Waals surface area contributed by atoms with Gasteiger partial charge in [0.05, 0.1) is 12.7 Å². The average molecular weight is 262 g/mol. The SMILES string of the molecule is COc1oc2c(c1CCC=C(C)C)C(=O)CC(C)C2. The molecule has 19 heavy (non-hydrogen) atoms. The van der Waals surface area contributed by atoms with Gasteiger partial charge in [0.2, 0.25) is 0 Å². The van der Waals surface area contributed by atoms with E-state index in [1.807, 2.05) is 0 Å². The number of carbonyl (C=O) groups excluding carboxylic acids is 1. The maximum Gasteiger partial charge on any atom is 0.288 e. The van der Waals surface area contributed by atoms with Crippen molar-refractivity contribution in [1.29, 1.82) is 0 Å². The molecule has 104 valence electrons. The fourth-order valence-electron chi connectivity index (χ4n) is 2.67. The van der Waals surface area contributed by atoms with Crippen LogP contribution in [0.15, 0.2) is 16.1 Å². The zero-order valence-electron chi connectivity index (χ0n) is 12.2. The average Bonchev–Trinajstić information content (AvgIpc) is 2.66. The molecule has 1 heterocycles. The maximum absolute atomic E-state index is 12.2. The molecule has 3 nitrogen and oxygen atoms in total. The molecule has 1 aromatic heterocycles. The van der Waals surface area contributed by atoms with Crippen molar-refractivity contribution in [3.63, 3.8) is 0 Å². The Hall–Kier alpha value is -1.51. The summed E-state index contributed by atoms with van der Waals surface area (Å²) in [6.07, 6.45) is 5.33. The molecule has 0 spiro atoms. The lowest BCUT2D eigenvalue weighted by atomic mass is 9.86. The van der Waals surface area contributed by atoms with Crippen LogP contribution in [0.1, 0.15) is 55.3 Å². The van der Waals surface area contributed by atoms with Crippen LogP contribution in [0.3, 0.4) is 0 Å². The summed E-state index contributed by atoms with van der Waals surface area (Å²) in [6.45, 7) is 6.24. The number of hydrogen-bond acceptors (Lipinski definition) is 3. The second-order valence-electron chi connectivity index (χ2n) is 5.63. The van der Waals surface area contributed by atoms with E-state index in [0.717, 1.165) is 36.1 Å². The maximum atomic E-state index is 12.2. The van der Waals surface area contributed by atoms with E-state index >= 15 is 0 Å². The molecular formula is C16H22O3. The van der Waals surface area contributed by atoms with E-state index in [-0.39, 0.29) is 5.78 Å². The highest BCUT2D eigenvalue weighted by atomic mass is 16.6. The Bertz CT molecular complexity index is 504. The number of furan rings is 1. The third kappa shape index (κ3) is 2.91. The Morgan fingerprint density at radius 3 is 2.79 bits per heavy atom. The van der Waals surface area contributed by atoms with Gasteiger partial charge in [-0.2, -0.15) is 0 Å². The monoisotopic (exact) mass is 262 g/mol. The van der Waals surface area contributed by atoms with Gasteiger partial charge < -0.3 is 9.15 Å². The van der Waals surface area contributed by atoms with E-state index in [1.54, 1.807) is 7.11 Å². The molecule has 0 aliphatic heterocycles. The number of ketones is 1. The van der Waals surface area contributed by atoms with Gasteiger partial charge in [0.25, 0.3) is 5.95 Å². The van der Waals surface area contributed by atoms with E-state index in [4.69, 9.17) is 9.15 Å². The van der Waals surface area contributed by atoms with E-state index in [0.29, 0.717) is 18.3 Å². The summed E-state index contributed by atoms with van der Waals surface area (Å²) in [5.41, 5.74) is 3.03. The summed E-state index contributed by atoms with van der Waals surface area (Å²) in [6, 6.07) is 0. The Morgan fingerprint density at radius 2 is 2.16 bits per heavy atom. The number of Topliss-reactive ketones (excluding diaryl/α,β-unsaturated/α-hetero) is 1. The number of methoxy groups -OCH3 is 1. The molecular weight excluding hydrogens is 240 g/mol. The standard InChI is InChI=1S/C16H22O3/c1-10(2)6-5-7-12-15-13(17)8-11(3)9-14(15)19-16(12)18-4/h6,11H,5,7-9H2,1-4H3. The number of fused-ring (bicyclic) bond motifs is 1. The first-order chi connectivity index (χ1) is 9.02. The Balaban J connectivity index is 2.31. The highest BCUT2D eigenvalue weighted by Crippen LogP contribution is 2.36. The smallest absolute Gasteiger partial charge is 0.288 e. The topological polar surface area (TPSA) is 39.4 Å². The summed E-state index contributed by atoms with van der Waals surface area (Å²) in [5.74, 6) is 1.90. The van der Waals surface area contributed by atoms with Crippen molar-refractivity contribution in [1.82, 2.24) is 0 Å². The third-order valence-electron chi connectivity index (χ3n) is 3.52. The highest BCUT2D eigenvalue weighted by molar-refractivity contribution is 6.00. The van der Waals surface area contributed by atoms with Crippen LogP contribution >= 0.6 is 0 Å². The van der Waals surface area contributed by atoms with Gasteiger partial charge >= 0.3 is 0 Å². The second-order valence-corrected chi connectivity index (χ2v) is 5.63. The van der Waals surface area contributed by atoms with Crippen LogP contribution in [0.4, 0.5) is 0 Å². The largest absolute Gasteiger partial charge is 0.468 e. The number of carbonyl (C=O) groups is 1. The van der Waals surface area contributed by atoms with Crippen molar-refractivity contribution >= 4 is 5.78 Å². The summed E-state index contributed by atoms with van der Waals surface area (Å²) in [4.78, 5) is 12.2. The summed E-state index contributed by atoms with van der Waals surface area (Å²) in [7, 11) is 1.60. The molecule has 1 aliphatic carbocycles. The van der Waals surface area contributed by atoms with Crippen molar-refractivity contribution < 1.29 is 13.9 Å². The first-order valence-electron chi connectivity index (χ1n) is 6.88. The van der Waals surface area contributed by atoms with Crippen molar-refractivity contribution in [3.05, 3.63) is 28.5 Å².